The molecule has 2 N–H and O–H groups in total. The number of Topliss-reactive ketones (excluding diaryl/α,β-unsaturated/α-hetero) is 1. The number of carbonyl (C=O) groups excluding carboxylic acids is 2. The highest BCUT2D eigenvalue weighted by atomic mass is 32.2. The highest BCUT2D eigenvalue weighted by Crippen LogP contribution is 2.31. The third-order valence-electron chi connectivity index (χ3n) is 5.78. The van der Waals surface area contributed by atoms with E-state index in [0.717, 1.165) is 29.3 Å². The molecule has 1 aliphatic rings. The van der Waals surface area contributed by atoms with E-state index in [1.165, 1.54) is 12.3 Å². The Kier molecular flexibility index (Phi) is 8.15. The van der Waals surface area contributed by atoms with Crippen molar-refractivity contribution < 1.29 is 23.5 Å². The standard InChI is InChI=1S/C27H27FN2O4S/c1-17(29)22-6-5-20(25(31)15-19-7-9-30-16-24(19)28)14-23(22)18-3-2-4-21(13-18)33-11-12-35-26-8-10-34-27(26)32/h2-7,9,13-14,16-17,26H,8,10-12,15,29H2,1H3. The summed E-state index contributed by atoms with van der Waals surface area (Å²) in [5.74, 6) is 0.512. The van der Waals surface area contributed by atoms with Gasteiger partial charge in [-0.15, -0.1) is 11.8 Å². The normalized spacial score (nSPS) is 16.1. The van der Waals surface area contributed by atoms with Crippen molar-refractivity contribution in [3.8, 4) is 16.9 Å². The number of carbonyl (C=O) groups is 2. The third-order valence-corrected chi connectivity index (χ3v) is 7.01. The lowest BCUT2D eigenvalue weighted by Crippen LogP contribution is -2.12. The van der Waals surface area contributed by atoms with Crippen molar-refractivity contribution in [3.63, 3.8) is 0 Å². The molecule has 8 heteroatoms. The van der Waals surface area contributed by atoms with Crippen molar-refractivity contribution in [1.29, 1.82) is 0 Å². The van der Waals surface area contributed by atoms with E-state index in [0.29, 0.717) is 35.8 Å². The minimum atomic E-state index is -0.499. The minimum Gasteiger partial charge on any atom is -0.493 e. The smallest absolute Gasteiger partial charge is 0.319 e. The largest absolute Gasteiger partial charge is 0.493 e. The Morgan fingerprint density at radius 2 is 2.14 bits per heavy atom. The summed E-state index contributed by atoms with van der Waals surface area (Å²) in [4.78, 5) is 28.2. The van der Waals surface area contributed by atoms with Crippen molar-refractivity contribution in [2.24, 2.45) is 5.73 Å². The second kappa shape index (κ2) is 11.5. The van der Waals surface area contributed by atoms with Gasteiger partial charge in [-0.05, 0) is 53.4 Å². The fraction of sp³-hybridized carbons (Fsp3) is 0.296. The van der Waals surface area contributed by atoms with Crippen LogP contribution in [0.3, 0.4) is 0 Å². The minimum absolute atomic E-state index is 0.0549. The van der Waals surface area contributed by atoms with Gasteiger partial charge in [-0.2, -0.15) is 0 Å². The fourth-order valence-electron chi connectivity index (χ4n) is 3.93. The molecule has 1 aromatic heterocycles. The first-order valence-electron chi connectivity index (χ1n) is 11.4. The Hall–Kier alpha value is -3.23. The number of hydrogen-bond acceptors (Lipinski definition) is 7. The number of ketones is 1. The molecule has 35 heavy (non-hydrogen) atoms. The highest BCUT2D eigenvalue weighted by molar-refractivity contribution is 8.00. The quantitative estimate of drug-likeness (QED) is 0.247. The lowest BCUT2D eigenvalue weighted by molar-refractivity contribution is -0.137. The van der Waals surface area contributed by atoms with Crippen LogP contribution in [0, 0.1) is 5.82 Å². The van der Waals surface area contributed by atoms with Crippen LogP contribution in [0.25, 0.3) is 11.1 Å². The van der Waals surface area contributed by atoms with Crippen LogP contribution in [-0.4, -0.2) is 41.0 Å². The van der Waals surface area contributed by atoms with E-state index in [2.05, 4.69) is 4.98 Å². The van der Waals surface area contributed by atoms with Gasteiger partial charge in [0.05, 0.1) is 19.4 Å². The van der Waals surface area contributed by atoms with E-state index in [1.54, 1.807) is 23.9 Å². The fourth-order valence-corrected chi connectivity index (χ4v) is 4.86. The molecule has 0 saturated carbocycles. The van der Waals surface area contributed by atoms with Crippen molar-refractivity contribution in [1.82, 2.24) is 4.98 Å². The molecule has 6 nitrogen and oxygen atoms in total. The van der Waals surface area contributed by atoms with Gasteiger partial charge in [-0.1, -0.05) is 24.3 Å². The number of rotatable bonds is 10. The Bertz CT molecular complexity index is 1220. The zero-order valence-corrected chi connectivity index (χ0v) is 20.2. The number of nitrogens with zero attached hydrogens (tertiary/aromatic N) is 1. The van der Waals surface area contributed by atoms with Crippen LogP contribution in [0.5, 0.6) is 5.75 Å². The molecule has 0 spiro atoms. The summed E-state index contributed by atoms with van der Waals surface area (Å²) in [6, 6.07) is 14.2. The van der Waals surface area contributed by atoms with Crippen LogP contribution in [0.2, 0.25) is 0 Å². The molecule has 0 amide bonds. The average Bonchev–Trinajstić information content (AvgIpc) is 3.27. The molecule has 0 bridgehead atoms. The van der Waals surface area contributed by atoms with Gasteiger partial charge in [0, 0.05) is 36.4 Å². The summed E-state index contributed by atoms with van der Waals surface area (Å²) in [6.45, 7) is 2.83. The van der Waals surface area contributed by atoms with E-state index < -0.39 is 5.82 Å². The van der Waals surface area contributed by atoms with Gasteiger partial charge >= 0.3 is 5.97 Å². The Balaban J connectivity index is 1.50. The van der Waals surface area contributed by atoms with Crippen LogP contribution in [0.4, 0.5) is 4.39 Å². The predicted octanol–water partition coefficient (Wildman–Crippen LogP) is 4.76. The third kappa shape index (κ3) is 6.26. The second-order valence-corrected chi connectivity index (χ2v) is 9.66. The molecule has 0 aliphatic carbocycles. The maximum atomic E-state index is 14.0. The van der Waals surface area contributed by atoms with Crippen molar-refractivity contribution in [2.45, 2.75) is 31.1 Å². The molecule has 2 heterocycles. The van der Waals surface area contributed by atoms with Gasteiger partial charge in [-0.3, -0.25) is 14.6 Å². The number of cyclic esters (lactones) is 1. The maximum absolute atomic E-state index is 14.0. The lowest BCUT2D eigenvalue weighted by Gasteiger charge is -2.16. The first kappa shape index (κ1) is 24.9. The summed E-state index contributed by atoms with van der Waals surface area (Å²) in [5, 5.41) is -0.112. The number of hydrogen-bond donors (Lipinski definition) is 1. The zero-order chi connectivity index (χ0) is 24.8. The van der Waals surface area contributed by atoms with Crippen LogP contribution in [0.1, 0.15) is 40.9 Å². The number of benzene rings is 2. The number of halogens is 1. The number of nitrogens with two attached hydrogens (primary N) is 1. The first-order chi connectivity index (χ1) is 16.9. The van der Waals surface area contributed by atoms with E-state index in [4.69, 9.17) is 15.2 Å². The highest BCUT2D eigenvalue weighted by Gasteiger charge is 2.26. The number of ether oxygens (including phenoxy) is 2. The predicted molar refractivity (Wildman–Crippen MR) is 134 cm³/mol. The molecule has 1 saturated heterocycles. The van der Waals surface area contributed by atoms with Crippen molar-refractivity contribution in [3.05, 3.63) is 83.4 Å². The van der Waals surface area contributed by atoms with Gasteiger partial charge in [0.2, 0.25) is 0 Å². The summed E-state index contributed by atoms with van der Waals surface area (Å²) >= 11 is 1.54. The topological polar surface area (TPSA) is 91.5 Å². The van der Waals surface area contributed by atoms with Crippen molar-refractivity contribution in [2.75, 3.05) is 19.0 Å². The van der Waals surface area contributed by atoms with Crippen molar-refractivity contribution >= 4 is 23.5 Å². The summed E-state index contributed by atoms with van der Waals surface area (Å²) in [5.41, 5.74) is 9.59. The molecule has 3 aromatic rings. The van der Waals surface area contributed by atoms with Gasteiger partial charge < -0.3 is 15.2 Å². The van der Waals surface area contributed by atoms with Gasteiger partial charge in [-0.25, -0.2) is 4.39 Å². The lowest BCUT2D eigenvalue weighted by atomic mass is 9.91. The van der Waals surface area contributed by atoms with Crippen LogP contribution in [-0.2, 0) is 16.0 Å². The van der Waals surface area contributed by atoms with Crippen LogP contribution in [0.15, 0.2) is 60.9 Å². The van der Waals surface area contributed by atoms with Gasteiger partial charge in [0.15, 0.2) is 5.78 Å². The van der Waals surface area contributed by atoms with E-state index in [-0.39, 0.29) is 29.5 Å². The number of thioether (sulfide) groups is 1. The van der Waals surface area contributed by atoms with Crippen LogP contribution >= 0.6 is 11.8 Å². The molecule has 2 atom stereocenters. The van der Waals surface area contributed by atoms with Crippen LogP contribution < -0.4 is 10.5 Å². The molecular formula is C27H27FN2O4S. The summed E-state index contributed by atoms with van der Waals surface area (Å²) < 4.78 is 24.9. The molecule has 182 valence electrons. The number of esters is 1. The SMILES string of the molecule is CC(N)c1ccc(C(=O)Cc2ccncc2F)cc1-c1cccc(OCCSC2CCOC2=O)c1. The van der Waals surface area contributed by atoms with Gasteiger partial charge in [0.1, 0.15) is 16.8 Å². The van der Waals surface area contributed by atoms with E-state index >= 15 is 0 Å². The van der Waals surface area contributed by atoms with E-state index in [9.17, 15) is 14.0 Å². The molecule has 2 unspecified atom stereocenters. The molecule has 4 rings (SSSR count). The number of aromatic nitrogens is 1. The molecule has 1 fully saturated rings. The maximum Gasteiger partial charge on any atom is 0.319 e. The van der Waals surface area contributed by atoms with Gasteiger partial charge in [0.25, 0.3) is 0 Å². The number of pyridine rings is 1. The summed E-state index contributed by atoms with van der Waals surface area (Å²) in [7, 11) is 0. The Morgan fingerprint density at radius 1 is 1.29 bits per heavy atom. The first-order valence-corrected chi connectivity index (χ1v) is 12.5. The average molecular weight is 495 g/mol. The van der Waals surface area contributed by atoms with E-state index in [1.807, 2.05) is 37.3 Å². The Morgan fingerprint density at radius 3 is 2.89 bits per heavy atom. The summed E-state index contributed by atoms with van der Waals surface area (Å²) in [6.07, 6.45) is 3.26. The second-order valence-electron chi connectivity index (χ2n) is 8.35. The molecule has 2 aromatic carbocycles. The monoisotopic (exact) mass is 494 g/mol. The molecule has 1 aliphatic heterocycles. The molecular weight excluding hydrogens is 467 g/mol. The molecule has 0 radical (unpaired) electrons. The Labute approximate surface area is 208 Å². The zero-order valence-electron chi connectivity index (χ0n) is 19.4.